The van der Waals surface area contributed by atoms with Crippen LogP contribution in [0.2, 0.25) is 0 Å². The number of hydrogen-bond donors (Lipinski definition) is 2. The summed E-state index contributed by atoms with van der Waals surface area (Å²) >= 11 is 1.83. The summed E-state index contributed by atoms with van der Waals surface area (Å²) in [6.45, 7) is 2.98. The normalized spacial score (nSPS) is 11.2. The highest BCUT2D eigenvalue weighted by Gasteiger charge is 2.03. The van der Waals surface area contributed by atoms with Gasteiger partial charge in [0.1, 0.15) is 0 Å². The van der Waals surface area contributed by atoms with Crippen LogP contribution in [0.5, 0.6) is 0 Å². The molecule has 0 bridgehead atoms. The second-order valence-corrected chi connectivity index (χ2v) is 7.35. The first kappa shape index (κ1) is 17.0. The van der Waals surface area contributed by atoms with Gasteiger partial charge in [0.2, 0.25) is 0 Å². The lowest BCUT2D eigenvalue weighted by atomic mass is 10.2. The minimum atomic E-state index is 0.951. The fourth-order valence-electron chi connectivity index (χ4n) is 3.24. The minimum Gasteiger partial charge on any atom is -0.384 e. The standard InChI is InChI=1S/C22H23N3S/c1-3-9-20-19(8-1)21(11-14-25-20)24-13-6-5-12-23-15-17-16-26-22-10-4-2-7-18(17)22/h1-4,7-11,14,16,23H,5-6,12-13,15H2,(H,24,25). The quantitative estimate of drug-likeness (QED) is 0.411. The van der Waals surface area contributed by atoms with Crippen LogP contribution in [-0.4, -0.2) is 18.1 Å². The summed E-state index contributed by atoms with van der Waals surface area (Å²) in [5, 5.41) is 12.0. The zero-order chi connectivity index (χ0) is 17.6. The second-order valence-electron chi connectivity index (χ2n) is 6.44. The highest BCUT2D eigenvalue weighted by Crippen LogP contribution is 2.25. The number of unbranched alkanes of at least 4 members (excludes halogenated alkanes) is 1. The molecule has 0 aliphatic heterocycles. The first-order valence-electron chi connectivity index (χ1n) is 9.15. The van der Waals surface area contributed by atoms with E-state index in [0.717, 1.165) is 38.0 Å². The first-order valence-corrected chi connectivity index (χ1v) is 10.0. The van der Waals surface area contributed by atoms with Gasteiger partial charge in [-0.2, -0.15) is 0 Å². The van der Waals surface area contributed by atoms with Gasteiger partial charge in [-0.3, -0.25) is 4.98 Å². The van der Waals surface area contributed by atoms with E-state index in [2.05, 4.69) is 69.5 Å². The maximum Gasteiger partial charge on any atom is 0.0722 e. The third-order valence-electron chi connectivity index (χ3n) is 4.62. The van der Waals surface area contributed by atoms with Crippen LogP contribution in [-0.2, 0) is 6.54 Å². The maximum atomic E-state index is 4.41. The summed E-state index contributed by atoms with van der Waals surface area (Å²) in [6, 6.07) is 19.0. The summed E-state index contributed by atoms with van der Waals surface area (Å²) in [4.78, 5) is 4.41. The SMILES string of the molecule is c1ccc2c(NCCCCNCc3csc4ccccc34)ccnc2c1. The number of pyridine rings is 1. The molecule has 0 spiro atoms. The van der Waals surface area contributed by atoms with E-state index in [4.69, 9.17) is 0 Å². The lowest BCUT2D eigenvalue weighted by Crippen LogP contribution is -2.15. The van der Waals surface area contributed by atoms with E-state index >= 15 is 0 Å². The Morgan fingerprint density at radius 2 is 1.65 bits per heavy atom. The van der Waals surface area contributed by atoms with Crippen LogP contribution in [0.4, 0.5) is 5.69 Å². The summed E-state index contributed by atoms with van der Waals surface area (Å²) in [7, 11) is 0. The molecule has 2 aromatic heterocycles. The van der Waals surface area contributed by atoms with Crippen LogP contribution in [0.1, 0.15) is 18.4 Å². The van der Waals surface area contributed by atoms with Crippen LogP contribution in [0.25, 0.3) is 21.0 Å². The molecule has 4 rings (SSSR count). The lowest BCUT2D eigenvalue weighted by Gasteiger charge is -2.09. The molecule has 26 heavy (non-hydrogen) atoms. The Balaban J connectivity index is 1.20. The van der Waals surface area contributed by atoms with E-state index in [-0.39, 0.29) is 0 Å². The van der Waals surface area contributed by atoms with Gasteiger partial charge in [0, 0.05) is 35.1 Å². The zero-order valence-corrected chi connectivity index (χ0v) is 15.6. The molecule has 4 heteroatoms. The molecule has 2 heterocycles. The van der Waals surface area contributed by atoms with Crippen molar-refractivity contribution in [1.29, 1.82) is 0 Å². The average Bonchev–Trinajstić information content (AvgIpc) is 3.10. The Morgan fingerprint density at radius 3 is 2.62 bits per heavy atom. The van der Waals surface area contributed by atoms with Crippen molar-refractivity contribution in [1.82, 2.24) is 10.3 Å². The molecule has 4 aromatic rings. The van der Waals surface area contributed by atoms with E-state index in [1.165, 1.54) is 26.7 Å². The average molecular weight is 362 g/mol. The monoisotopic (exact) mass is 361 g/mol. The number of benzene rings is 2. The van der Waals surface area contributed by atoms with Crippen molar-refractivity contribution >= 4 is 38.0 Å². The van der Waals surface area contributed by atoms with Gasteiger partial charge in [0.25, 0.3) is 0 Å². The van der Waals surface area contributed by atoms with Crippen molar-refractivity contribution in [3.63, 3.8) is 0 Å². The van der Waals surface area contributed by atoms with Crippen molar-refractivity contribution in [3.8, 4) is 0 Å². The van der Waals surface area contributed by atoms with E-state index in [1.807, 2.05) is 23.6 Å². The van der Waals surface area contributed by atoms with Gasteiger partial charge in [-0.15, -0.1) is 11.3 Å². The van der Waals surface area contributed by atoms with E-state index < -0.39 is 0 Å². The molecule has 2 aromatic carbocycles. The molecule has 132 valence electrons. The van der Waals surface area contributed by atoms with Gasteiger partial charge in [-0.05, 0) is 53.9 Å². The fourth-order valence-corrected chi connectivity index (χ4v) is 4.20. The summed E-state index contributed by atoms with van der Waals surface area (Å²) in [6.07, 6.45) is 4.18. The minimum absolute atomic E-state index is 0.951. The number of nitrogens with zero attached hydrogens (tertiary/aromatic N) is 1. The van der Waals surface area contributed by atoms with Gasteiger partial charge in [-0.1, -0.05) is 36.4 Å². The Morgan fingerprint density at radius 1 is 0.846 bits per heavy atom. The predicted octanol–water partition coefficient (Wildman–Crippen LogP) is 5.43. The largest absolute Gasteiger partial charge is 0.384 e. The molecule has 0 aliphatic carbocycles. The summed E-state index contributed by atoms with van der Waals surface area (Å²) < 4.78 is 1.37. The Labute approximate surface area is 158 Å². The molecule has 0 aliphatic rings. The van der Waals surface area contributed by atoms with Crippen LogP contribution in [0.3, 0.4) is 0 Å². The summed E-state index contributed by atoms with van der Waals surface area (Å²) in [5.41, 5.74) is 3.63. The van der Waals surface area contributed by atoms with Gasteiger partial charge in [0.15, 0.2) is 0 Å². The van der Waals surface area contributed by atoms with Gasteiger partial charge >= 0.3 is 0 Å². The Kier molecular flexibility index (Phi) is 5.43. The molecule has 0 saturated carbocycles. The second kappa shape index (κ2) is 8.30. The third kappa shape index (κ3) is 3.87. The molecule has 0 atom stereocenters. The van der Waals surface area contributed by atoms with Crippen molar-refractivity contribution in [2.45, 2.75) is 19.4 Å². The van der Waals surface area contributed by atoms with E-state index in [0.29, 0.717) is 0 Å². The topological polar surface area (TPSA) is 37.0 Å². The smallest absolute Gasteiger partial charge is 0.0722 e. The number of thiophene rings is 1. The van der Waals surface area contributed by atoms with Gasteiger partial charge < -0.3 is 10.6 Å². The van der Waals surface area contributed by atoms with Gasteiger partial charge in [-0.25, -0.2) is 0 Å². The molecule has 0 fully saturated rings. The van der Waals surface area contributed by atoms with Crippen molar-refractivity contribution in [2.24, 2.45) is 0 Å². The zero-order valence-electron chi connectivity index (χ0n) is 14.7. The Bertz CT molecular complexity index is 987. The first-order chi connectivity index (χ1) is 12.9. The number of para-hydroxylation sites is 1. The highest BCUT2D eigenvalue weighted by atomic mass is 32.1. The number of anilines is 1. The molecule has 0 unspecified atom stereocenters. The van der Waals surface area contributed by atoms with Gasteiger partial charge in [0.05, 0.1) is 5.52 Å². The van der Waals surface area contributed by atoms with E-state index in [1.54, 1.807) is 0 Å². The van der Waals surface area contributed by atoms with Crippen molar-refractivity contribution < 1.29 is 0 Å². The fraction of sp³-hybridized carbons (Fsp3) is 0.227. The van der Waals surface area contributed by atoms with Crippen molar-refractivity contribution in [3.05, 3.63) is 71.7 Å². The molecule has 3 nitrogen and oxygen atoms in total. The van der Waals surface area contributed by atoms with Crippen LogP contribution >= 0.6 is 11.3 Å². The molecular formula is C22H23N3S. The molecule has 0 radical (unpaired) electrons. The number of nitrogens with one attached hydrogen (secondary N) is 2. The molecule has 2 N–H and O–H groups in total. The molecular weight excluding hydrogens is 338 g/mol. The number of fused-ring (bicyclic) bond motifs is 2. The Hall–Kier alpha value is -2.43. The lowest BCUT2D eigenvalue weighted by molar-refractivity contribution is 0.635. The maximum absolute atomic E-state index is 4.41. The highest BCUT2D eigenvalue weighted by molar-refractivity contribution is 7.17. The van der Waals surface area contributed by atoms with Crippen LogP contribution in [0, 0.1) is 0 Å². The molecule has 0 amide bonds. The van der Waals surface area contributed by atoms with Crippen LogP contribution in [0.15, 0.2) is 66.2 Å². The van der Waals surface area contributed by atoms with Crippen molar-refractivity contribution in [2.75, 3.05) is 18.4 Å². The van der Waals surface area contributed by atoms with E-state index in [9.17, 15) is 0 Å². The third-order valence-corrected chi connectivity index (χ3v) is 5.63. The number of aromatic nitrogens is 1. The summed E-state index contributed by atoms with van der Waals surface area (Å²) in [5.74, 6) is 0. The number of rotatable bonds is 8. The predicted molar refractivity (Wildman–Crippen MR) is 113 cm³/mol. The number of hydrogen-bond acceptors (Lipinski definition) is 4. The van der Waals surface area contributed by atoms with Crippen LogP contribution < -0.4 is 10.6 Å². The molecule has 0 saturated heterocycles.